The summed E-state index contributed by atoms with van der Waals surface area (Å²) in [4.78, 5) is 0. The number of halogens is 4. The molecular weight excluding hydrogens is 312 g/mol. The second-order valence-electron chi connectivity index (χ2n) is 6.61. The number of hydrogen-bond donors (Lipinski definition) is 0. The van der Waals surface area contributed by atoms with Crippen LogP contribution in [-0.4, -0.2) is 23.4 Å². The van der Waals surface area contributed by atoms with Gasteiger partial charge in [-0.2, -0.15) is 20.5 Å². The number of hydrogen-bond acceptors (Lipinski definition) is 1. The van der Waals surface area contributed by atoms with Crippen molar-refractivity contribution in [3.8, 4) is 0 Å². The molecule has 0 unspecified atom stereocenters. The van der Waals surface area contributed by atoms with Gasteiger partial charge in [0.2, 0.25) is 0 Å². The van der Waals surface area contributed by atoms with Crippen LogP contribution in [0.1, 0.15) is 78.6 Å². The highest BCUT2D eigenvalue weighted by Gasteiger charge is 2.51. The van der Waals surface area contributed by atoms with Crippen LogP contribution in [-0.2, 0) is 0 Å². The quantitative estimate of drug-likeness (QED) is 0.237. The van der Waals surface area contributed by atoms with Crippen molar-refractivity contribution in [3.05, 3.63) is 0 Å². The molecule has 0 aliphatic carbocycles. The van der Waals surface area contributed by atoms with Crippen LogP contribution in [0, 0.1) is 5.92 Å². The van der Waals surface area contributed by atoms with E-state index in [1.807, 2.05) is 0 Å². The number of thioether (sulfide) groups is 1. The van der Waals surface area contributed by atoms with E-state index in [-0.39, 0.29) is 6.42 Å². The van der Waals surface area contributed by atoms with Crippen LogP contribution >= 0.6 is 11.8 Å². The minimum absolute atomic E-state index is 0.149. The standard InChI is InChI=1S/C17H32F4S/c1-15(2)11-8-6-4-5-7-9-13-22-14-10-12-17(20,21)16(3,18)19/h15H,4-14H2,1-3H3. The Morgan fingerprint density at radius 2 is 1.27 bits per heavy atom. The predicted octanol–water partition coefficient (Wildman–Crippen LogP) is 7.18. The van der Waals surface area contributed by atoms with E-state index >= 15 is 0 Å². The molecule has 0 radical (unpaired) electrons. The van der Waals surface area contributed by atoms with Gasteiger partial charge in [-0.15, -0.1) is 0 Å². The Labute approximate surface area is 137 Å². The first-order valence-corrected chi connectivity index (χ1v) is 9.65. The van der Waals surface area contributed by atoms with Crippen LogP contribution in [0.2, 0.25) is 0 Å². The van der Waals surface area contributed by atoms with Gasteiger partial charge in [-0.1, -0.05) is 52.4 Å². The Morgan fingerprint density at radius 3 is 1.82 bits per heavy atom. The van der Waals surface area contributed by atoms with E-state index in [4.69, 9.17) is 0 Å². The Hall–Kier alpha value is 0.0700. The van der Waals surface area contributed by atoms with E-state index in [1.165, 1.54) is 38.5 Å². The van der Waals surface area contributed by atoms with E-state index in [2.05, 4.69) is 13.8 Å². The molecule has 0 saturated carbocycles. The maximum Gasteiger partial charge on any atom is 0.309 e. The van der Waals surface area contributed by atoms with Crippen molar-refractivity contribution in [2.75, 3.05) is 11.5 Å². The Kier molecular flexibility index (Phi) is 11.6. The van der Waals surface area contributed by atoms with Gasteiger partial charge in [0.25, 0.3) is 0 Å². The molecule has 22 heavy (non-hydrogen) atoms. The van der Waals surface area contributed by atoms with Gasteiger partial charge in [0.15, 0.2) is 0 Å². The first-order chi connectivity index (χ1) is 10.2. The molecule has 0 fully saturated rings. The normalized spacial score (nSPS) is 13.1. The van der Waals surface area contributed by atoms with Crippen molar-refractivity contribution >= 4 is 11.8 Å². The summed E-state index contributed by atoms with van der Waals surface area (Å²) in [5.41, 5.74) is 0. The first-order valence-electron chi connectivity index (χ1n) is 8.50. The minimum Gasteiger partial charge on any atom is -0.200 e. The third-order valence-corrected chi connectivity index (χ3v) is 4.90. The molecule has 0 aliphatic heterocycles. The van der Waals surface area contributed by atoms with Crippen molar-refractivity contribution < 1.29 is 17.6 Å². The van der Waals surface area contributed by atoms with Gasteiger partial charge >= 0.3 is 11.8 Å². The fraction of sp³-hybridized carbons (Fsp3) is 1.00. The largest absolute Gasteiger partial charge is 0.309 e. The van der Waals surface area contributed by atoms with Crippen LogP contribution in [0.4, 0.5) is 17.6 Å². The summed E-state index contributed by atoms with van der Waals surface area (Å²) < 4.78 is 51.2. The molecule has 0 nitrogen and oxygen atoms in total. The molecule has 0 bridgehead atoms. The smallest absolute Gasteiger partial charge is 0.200 e. The molecule has 5 heteroatoms. The summed E-state index contributed by atoms with van der Waals surface area (Å²) in [6.45, 7) is 4.78. The van der Waals surface area contributed by atoms with E-state index < -0.39 is 18.3 Å². The zero-order valence-corrected chi connectivity index (χ0v) is 15.1. The van der Waals surface area contributed by atoms with Crippen LogP contribution in [0.25, 0.3) is 0 Å². The molecule has 0 saturated heterocycles. The molecule has 0 aromatic carbocycles. The monoisotopic (exact) mass is 344 g/mol. The van der Waals surface area contributed by atoms with Gasteiger partial charge in [0, 0.05) is 13.3 Å². The molecule has 0 aliphatic rings. The summed E-state index contributed by atoms with van der Waals surface area (Å²) in [5.74, 6) is -5.51. The number of alkyl halides is 4. The average Bonchev–Trinajstić information content (AvgIpc) is 2.38. The van der Waals surface area contributed by atoms with Crippen LogP contribution in [0.15, 0.2) is 0 Å². The van der Waals surface area contributed by atoms with Crippen molar-refractivity contribution in [1.82, 2.24) is 0 Å². The summed E-state index contributed by atoms with van der Waals surface area (Å²) >= 11 is 1.60. The Bertz CT molecular complexity index is 262. The third kappa shape index (κ3) is 11.6. The molecule has 0 amide bonds. The minimum atomic E-state index is -3.91. The summed E-state index contributed by atoms with van der Waals surface area (Å²) in [6.07, 6.45) is 8.11. The second-order valence-corrected chi connectivity index (χ2v) is 7.84. The Balaban J connectivity index is 3.31. The van der Waals surface area contributed by atoms with E-state index in [0.29, 0.717) is 12.7 Å². The van der Waals surface area contributed by atoms with Crippen LogP contribution in [0.5, 0.6) is 0 Å². The molecule has 0 aromatic heterocycles. The van der Waals surface area contributed by atoms with Crippen molar-refractivity contribution in [2.45, 2.75) is 90.4 Å². The van der Waals surface area contributed by atoms with Gasteiger partial charge in [-0.25, -0.2) is 8.78 Å². The number of rotatable bonds is 14. The topological polar surface area (TPSA) is 0 Å². The molecule has 0 spiro atoms. The van der Waals surface area contributed by atoms with Crippen molar-refractivity contribution in [3.63, 3.8) is 0 Å². The lowest BCUT2D eigenvalue weighted by Crippen LogP contribution is -2.37. The van der Waals surface area contributed by atoms with Gasteiger partial charge in [0.05, 0.1) is 0 Å². The van der Waals surface area contributed by atoms with Crippen LogP contribution in [0.3, 0.4) is 0 Å². The highest BCUT2D eigenvalue weighted by Crippen LogP contribution is 2.37. The molecule has 0 atom stereocenters. The predicted molar refractivity (Wildman–Crippen MR) is 89.3 cm³/mol. The van der Waals surface area contributed by atoms with E-state index in [9.17, 15) is 17.6 Å². The first kappa shape index (κ1) is 22.1. The lowest BCUT2D eigenvalue weighted by atomic mass is 10.0. The van der Waals surface area contributed by atoms with Gasteiger partial charge in [0.1, 0.15) is 0 Å². The molecular formula is C17H32F4S. The lowest BCUT2D eigenvalue weighted by Gasteiger charge is -2.22. The highest BCUT2D eigenvalue weighted by atomic mass is 32.2. The van der Waals surface area contributed by atoms with Gasteiger partial charge < -0.3 is 0 Å². The lowest BCUT2D eigenvalue weighted by molar-refractivity contribution is -0.200. The van der Waals surface area contributed by atoms with E-state index in [1.54, 1.807) is 11.8 Å². The third-order valence-electron chi connectivity index (χ3n) is 3.74. The second kappa shape index (κ2) is 11.6. The summed E-state index contributed by atoms with van der Waals surface area (Å²) in [5, 5.41) is 0. The maximum atomic E-state index is 13.0. The van der Waals surface area contributed by atoms with Crippen LogP contribution < -0.4 is 0 Å². The zero-order valence-electron chi connectivity index (χ0n) is 14.3. The van der Waals surface area contributed by atoms with Gasteiger partial charge in [-0.3, -0.25) is 0 Å². The number of unbranched alkanes of at least 4 members (excludes halogenated alkanes) is 5. The summed E-state index contributed by atoms with van der Waals surface area (Å²) in [7, 11) is 0. The highest BCUT2D eigenvalue weighted by molar-refractivity contribution is 7.99. The Morgan fingerprint density at radius 1 is 0.773 bits per heavy atom. The fourth-order valence-corrected chi connectivity index (χ4v) is 3.14. The average molecular weight is 345 g/mol. The van der Waals surface area contributed by atoms with Gasteiger partial charge in [-0.05, 0) is 30.3 Å². The zero-order chi connectivity index (χ0) is 17.1. The molecule has 0 aromatic rings. The molecule has 134 valence electrons. The van der Waals surface area contributed by atoms with Crippen molar-refractivity contribution in [2.24, 2.45) is 5.92 Å². The van der Waals surface area contributed by atoms with E-state index in [0.717, 1.165) is 18.1 Å². The molecule has 0 rings (SSSR count). The molecule has 0 N–H and O–H groups in total. The molecule has 0 heterocycles. The summed E-state index contributed by atoms with van der Waals surface area (Å²) in [6, 6.07) is 0. The fourth-order valence-electron chi connectivity index (χ4n) is 2.18. The van der Waals surface area contributed by atoms with Crippen molar-refractivity contribution in [1.29, 1.82) is 0 Å². The maximum absolute atomic E-state index is 13.0. The SMILES string of the molecule is CC(C)CCCCCCCCSCCCC(F)(F)C(C)(F)F.